The van der Waals surface area contributed by atoms with Gasteiger partial charge in [-0.3, -0.25) is 9.69 Å². The smallest absolute Gasteiger partial charge is 0.434 e. The molecule has 7 nitrogen and oxygen atoms in total. The van der Waals surface area contributed by atoms with Crippen molar-refractivity contribution in [2.45, 2.75) is 115 Å². The number of hydrogen-bond acceptors (Lipinski definition) is 6. The number of likely N-dealkylation sites (tertiary alicyclic amines) is 2. The number of nitrogens with zero attached hydrogens (tertiary/aromatic N) is 3. The monoisotopic (exact) mass is 703 g/mol. The van der Waals surface area contributed by atoms with E-state index in [1.807, 2.05) is 26.8 Å². The zero-order chi connectivity index (χ0) is 35.7. The van der Waals surface area contributed by atoms with Gasteiger partial charge in [0.25, 0.3) is 6.10 Å². The maximum atomic E-state index is 13.0. The second-order valence-electron chi connectivity index (χ2n) is 15.2. The third-order valence-corrected chi connectivity index (χ3v) is 9.99. The van der Waals surface area contributed by atoms with Gasteiger partial charge in [-0.1, -0.05) is 31.6 Å². The topological polar surface area (TPSA) is 62.3 Å². The van der Waals surface area contributed by atoms with E-state index in [1.54, 1.807) is 0 Å². The van der Waals surface area contributed by atoms with E-state index in [2.05, 4.69) is 57.8 Å². The molecule has 14 heteroatoms. The number of carbonyl (C=O) groups is 2. The molecule has 3 saturated heterocycles. The van der Waals surface area contributed by atoms with E-state index in [0.717, 1.165) is 41.1 Å². The SMILES string of the molecule is CC(C)(C)OC(=O)C1CCN(c2cc(C#C[Si](C)(C)C)ccc2CN2CCCC23CCN(C(=O)OC(C(F)(F)F)C(F)(F)F)CC3)CC1. The van der Waals surface area contributed by atoms with Crippen LogP contribution < -0.4 is 4.90 Å². The summed E-state index contributed by atoms with van der Waals surface area (Å²) in [4.78, 5) is 30.8. The number of hydrogen-bond donors (Lipinski definition) is 0. The third-order valence-electron chi connectivity index (χ3n) is 9.11. The lowest BCUT2D eigenvalue weighted by Crippen LogP contribution is -2.54. The van der Waals surface area contributed by atoms with Gasteiger partial charge in [-0.2, -0.15) is 26.3 Å². The first-order valence-electron chi connectivity index (χ1n) is 16.5. The molecule has 0 bridgehead atoms. The molecule has 0 atom stereocenters. The minimum absolute atomic E-state index is 0.00593. The van der Waals surface area contributed by atoms with Crippen LogP contribution in [0.15, 0.2) is 18.2 Å². The zero-order valence-electron chi connectivity index (χ0n) is 28.6. The molecule has 0 saturated carbocycles. The van der Waals surface area contributed by atoms with Crippen LogP contribution in [-0.2, 0) is 20.8 Å². The van der Waals surface area contributed by atoms with Crippen LogP contribution in [0, 0.1) is 17.4 Å². The molecule has 0 aliphatic carbocycles. The number of ether oxygens (including phenoxy) is 2. The Bertz CT molecular complexity index is 1360. The molecule has 1 spiro atoms. The highest BCUT2D eigenvalue weighted by Gasteiger charge is 2.60. The number of amides is 1. The fourth-order valence-corrected chi connectivity index (χ4v) is 7.20. The van der Waals surface area contributed by atoms with Crippen LogP contribution in [0.4, 0.5) is 36.8 Å². The standard InChI is InChI=1S/C34H47F6N3O4Si/c1-31(2,3)47-28(44)25-10-17-41(18-11-25)27-22-24(12-21-48(4,5)6)8-9-26(27)23-43-16-7-13-32(43)14-19-42(20-15-32)30(45)46-29(33(35,36)37)34(38,39)40/h8-9,22,25,29H,7,10-11,13-20,23H2,1-6H3. The average molecular weight is 704 g/mol. The molecule has 3 fully saturated rings. The van der Waals surface area contributed by atoms with Gasteiger partial charge in [0.2, 0.25) is 0 Å². The highest BCUT2D eigenvalue weighted by molar-refractivity contribution is 6.83. The number of esters is 1. The van der Waals surface area contributed by atoms with Gasteiger partial charge >= 0.3 is 24.4 Å². The van der Waals surface area contributed by atoms with Crippen molar-refractivity contribution in [1.29, 1.82) is 0 Å². The van der Waals surface area contributed by atoms with Crippen molar-refractivity contribution in [3.05, 3.63) is 29.3 Å². The van der Waals surface area contributed by atoms with Crippen LogP contribution in [0.1, 0.15) is 70.4 Å². The molecular weight excluding hydrogens is 656 g/mol. The Morgan fingerprint density at radius 3 is 2.08 bits per heavy atom. The van der Waals surface area contributed by atoms with Crippen molar-refractivity contribution < 1.29 is 45.4 Å². The minimum atomic E-state index is -5.76. The maximum absolute atomic E-state index is 13.0. The summed E-state index contributed by atoms with van der Waals surface area (Å²) in [5.41, 5.74) is 5.54. The first-order valence-corrected chi connectivity index (χ1v) is 20.0. The molecule has 1 aromatic carbocycles. The number of rotatable bonds is 5. The van der Waals surface area contributed by atoms with Gasteiger partial charge < -0.3 is 19.3 Å². The maximum Gasteiger partial charge on any atom is 0.434 e. The van der Waals surface area contributed by atoms with Gasteiger partial charge in [0.05, 0.1) is 5.92 Å². The van der Waals surface area contributed by atoms with E-state index >= 15 is 0 Å². The molecule has 268 valence electrons. The Balaban J connectivity index is 1.49. The lowest BCUT2D eigenvalue weighted by Gasteiger charge is -2.45. The summed E-state index contributed by atoms with van der Waals surface area (Å²) in [5.74, 6) is 2.99. The lowest BCUT2D eigenvalue weighted by atomic mass is 9.84. The molecule has 3 aliphatic heterocycles. The van der Waals surface area contributed by atoms with E-state index in [9.17, 15) is 35.9 Å². The number of piperidine rings is 2. The second kappa shape index (κ2) is 14.1. The second-order valence-corrected chi connectivity index (χ2v) is 20.0. The van der Waals surface area contributed by atoms with Gasteiger partial charge in [-0.15, -0.1) is 5.54 Å². The predicted octanol–water partition coefficient (Wildman–Crippen LogP) is 7.53. The molecule has 48 heavy (non-hydrogen) atoms. The van der Waals surface area contributed by atoms with Crippen molar-refractivity contribution in [3.8, 4) is 11.5 Å². The van der Waals surface area contributed by atoms with E-state index in [-0.39, 0.29) is 30.5 Å². The van der Waals surface area contributed by atoms with Crippen molar-refractivity contribution in [1.82, 2.24) is 9.80 Å². The summed E-state index contributed by atoms with van der Waals surface area (Å²) >= 11 is 0. The van der Waals surface area contributed by atoms with Crippen LogP contribution >= 0.6 is 0 Å². The largest absolute Gasteiger partial charge is 0.460 e. The molecule has 0 unspecified atom stereocenters. The van der Waals surface area contributed by atoms with E-state index in [4.69, 9.17) is 4.74 Å². The van der Waals surface area contributed by atoms with Crippen LogP contribution in [0.3, 0.4) is 0 Å². The Morgan fingerprint density at radius 2 is 1.54 bits per heavy atom. The summed E-state index contributed by atoms with van der Waals surface area (Å²) in [5, 5.41) is 0. The van der Waals surface area contributed by atoms with Gasteiger partial charge in [0.1, 0.15) is 13.7 Å². The Kier molecular flexibility index (Phi) is 11.2. The Morgan fingerprint density at radius 1 is 0.938 bits per heavy atom. The fraction of sp³-hybridized carbons (Fsp3) is 0.706. The summed E-state index contributed by atoms with van der Waals surface area (Å²) < 4.78 is 87.5. The van der Waals surface area contributed by atoms with Crippen molar-refractivity contribution in [2.75, 3.05) is 37.6 Å². The first-order chi connectivity index (χ1) is 22.1. The number of carbonyl (C=O) groups excluding carboxylic acids is 2. The summed E-state index contributed by atoms with van der Waals surface area (Å²) in [6.07, 6.45) is -13.5. The Hall–Kier alpha value is -2.92. The van der Waals surface area contributed by atoms with Crippen LogP contribution in [-0.4, -0.2) is 92.3 Å². The molecule has 3 heterocycles. The van der Waals surface area contributed by atoms with E-state index in [0.29, 0.717) is 45.3 Å². The molecule has 1 aromatic rings. The number of anilines is 1. The predicted molar refractivity (Wildman–Crippen MR) is 173 cm³/mol. The molecule has 1 amide bonds. The average Bonchev–Trinajstić information content (AvgIpc) is 3.34. The van der Waals surface area contributed by atoms with E-state index < -0.39 is 38.2 Å². The van der Waals surface area contributed by atoms with Gasteiger partial charge in [0.15, 0.2) is 0 Å². The summed E-state index contributed by atoms with van der Waals surface area (Å²) in [7, 11) is -1.63. The quantitative estimate of drug-likeness (QED) is 0.137. The van der Waals surface area contributed by atoms with Crippen LogP contribution in [0.25, 0.3) is 0 Å². The highest BCUT2D eigenvalue weighted by Crippen LogP contribution is 2.42. The summed E-state index contributed by atoms with van der Waals surface area (Å²) in [6, 6.07) is 6.20. The van der Waals surface area contributed by atoms with E-state index in [1.165, 1.54) is 0 Å². The van der Waals surface area contributed by atoms with Crippen molar-refractivity contribution in [3.63, 3.8) is 0 Å². The normalized spacial score (nSPS) is 19.8. The molecule has 0 aromatic heterocycles. The van der Waals surface area contributed by atoms with Crippen LogP contribution in [0.5, 0.6) is 0 Å². The summed E-state index contributed by atoms with van der Waals surface area (Å²) in [6.45, 7) is 14.8. The first kappa shape index (κ1) is 37.9. The van der Waals surface area contributed by atoms with Crippen LogP contribution in [0.2, 0.25) is 19.6 Å². The number of alkyl halides is 6. The number of halogens is 6. The molecule has 3 aliphatic rings. The molecule has 0 radical (unpaired) electrons. The lowest BCUT2D eigenvalue weighted by molar-refractivity contribution is -0.308. The zero-order valence-corrected chi connectivity index (χ0v) is 29.6. The molecule has 0 N–H and O–H groups in total. The molecular formula is C34H47F6N3O4Si. The van der Waals surface area contributed by atoms with Gasteiger partial charge in [0, 0.05) is 49.5 Å². The van der Waals surface area contributed by atoms with Crippen molar-refractivity contribution >= 4 is 25.8 Å². The minimum Gasteiger partial charge on any atom is -0.460 e. The third kappa shape index (κ3) is 9.83. The fourth-order valence-electron chi connectivity index (χ4n) is 6.68. The van der Waals surface area contributed by atoms with Crippen molar-refractivity contribution in [2.24, 2.45) is 5.92 Å². The Labute approximate surface area is 280 Å². The van der Waals surface area contributed by atoms with Gasteiger partial charge in [-0.05, 0) is 83.5 Å². The number of benzene rings is 1. The highest BCUT2D eigenvalue weighted by atomic mass is 28.3. The molecule has 4 rings (SSSR count). The van der Waals surface area contributed by atoms with Gasteiger partial charge in [-0.25, -0.2) is 4.79 Å².